The second-order valence-electron chi connectivity index (χ2n) is 7.88. The van der Waals surface area contributed by atoms with Crippen molar-refractivity contribution in [1.29, 1.82) is 0 Å². The number of piperidine rings is 1. The molecule has 8 nitrogen and oxygen atoms in total. The molecule has 4 heterocycles. The number of oxime groups is 1. The quantitative estimate of drug-likeness (QED) is 0.372. The summed E-state index contributed by atoms with van der Waals surface area (Å²) in [5, 5.41) is 13.4. The van der Waals surface area contributed by atoms with Crippen LogP contribution in [0.3, 0.4) is 0 Å². The number of pyridine rings is 2. The van der Waals surface area contributed by atoms with E-state index in [1.54, 1.807) is 28.0 Å². The van der Waals surface area contributed by atoms with Crippen molar-refractivity contribution in [3.63, 3.8) is 0 Å². The number of anilines is 1. The lowest BCUT2D eigenvalue weighted by Gasteiger charge is -2.30. The first-order valence-electron chi connectivity index (χ1n) is 10.4. The zero-order valence-corrected chi connectivity index (χ0v) is 17.9. The normalized spacial score (nSPS) is 18.2. The molecule has 1 unspecified atom stereocenters. The Morgan fingerprint density at radius 1 is 1.09 bits per heavy atom. The molecule has 1 atom stereocenters. The van der Waals surface area contributed by atoms with E-state index in [4.69, 9.17) is 16.8 Å². The first kappa shape index (κ1) is 20.4. The van der Waals surface area contributed by atoms with Crippen LogP contribution in [0.15, 0.2) is 53.7 Å². The highest BCUT2D eigenvalue weighted by Crippen LogP contribution is 2.39. The van der Waals surface area contributed by atoms with Crippen molar-refractivity contribution in [2.45, 2.75) is 25.3 Å². The van der Waals surface area contributed by atoms with Crippen LogP contribution in [0.25, 0.3) is 11.0 Å². The fourth-order valence-electron chi connectivity index (χ4n) is 4.37. The average Bonchev–Trinajstić information content (AvgIpc) is 3.10. The minimum Gasteiger partial charge on any atom is -0.411 e. The molecule has 1 N–H and O–H groups in total. The van der Waals surface area contributed by atoms with E-state index in [2.05, 4.69) is 15.1 Å². The van der Waals surface area contributed by atoms with Crippen LogP contribution < -0.4 is 4.90 Å². The van der Waals surface area contributed by atoms with Gasteiger partial charge in [-0.1, -0.05) is 35.0 Å². The summed E-state index contributed by atoms with van der Waals surface area (Å²) in [4.78, 5) is 38.6. The number of halogens is 1. The van der Waals surface area contributed by atoms with Crippen molar-refractivity contribution in [2.75, 3.05) is 18.0 Å². The molecular formula is C23H20ClN5O3. The summed E-state index contributed by atoms with van der Waals surface area (Å²) in [6.07, 6.45) is 1.23. The minimum atomic E-state index is -0.469. The first-order chi connectivity index (χ1) is 15.5. The smallest absolute Gasteiger partial charge is 0.260 e. The SMILES string of the molecule is O=C(CC1c2ccccc2C(=O)N1c1ccc2ccc(Cl)nc2n1)N1CCC(=NO)CC1. The summed E-state index contributed by atoms with van der Waals surface area (Å²) in [5.41, 5.74) is 2.51. The van der Waals surface area contributed by atoms with Gasteiger partial charge in [-0.25, -0.2) is 9.97 Å². The number of likely N-dealkylation sites (tertiary alicyclic amines) is 1. The number of hydrogen-bond donors (Lipinski definition) is 1. The summed E-state index contributed by atoms with van der Waals surface area (Å²) < 4.78 is 0. The number of fused-ring (bicyclic) bond motifs is 2. The molecule has 2 aliphatic rings. The van der Waals surface area contributed by atoms with E-state index >= 15 is 0 Å². The second-order valence-corrected chi connectivity index (χ2v) is 8.27. The minimum absolute atomic E-state index is 0.0524. The third-order valence-electron chi connectivity index (χ3n) is 6.03. The zero-order chi connectivity index (χ0) is 22.2. The van der Waals surface area contributed by atoms with Crippen LogP contribution in [0.5, 0.6) is 0 Å². The molecule has 2 aromatic heterocycles. The summed E-state index contributed by atoms with van der Waals surface area (Å²) in [5.74, 6) is 0.184. The third-order valence-corrected chi connectivity index (χ3v) is 6.24. The lowest BCUT2D eigenvalue weighted by Crippen LogP contribution is -2.40. The second kappa shape index (κ2) is 8.20. The molecule has 9 heteroatoms. The van der Waals surface area contributed by atoms with E-state index in [1.165, 1.54) is 0 Å². The number of hydrogen-bond acceptors (Lipinski definition) is 6. The number of aromatic nitrogens is 2. The molecule has 0 spiro atoms. The number of benzene rings is 1. The molecule has 1 fully saturated rings. The maximum atomic E-state index is 13.3. The monoisotopic (exact) mass is 449 g/mol. The van der Waals surface area contributed by atoms with E-state index < -0.39 is 6.04 Å². The van der Waals surface area contributed by atoms with E-state index in [1.807, 2.05) is 30.3 Å². The van der Waals surface area contributed by atoms with Gasteiger partial charge in [0.25, 0.3) is 5.91 Å². The standard InChI is InChI=1S/C23H20ClN5O3/c24-19-7-5-14-6-8-20(26-22(14)25-19)29-18(16-3-1-2-4-17(16)23(29)31)13-21(30)28-11-9-15(27-32)10-12-28/h1-8,18,32H,9-13H2. The maximum absolute atomic E-state index is 13.3. The summed E-state index contributed by atoms with van der Waals surface area (Å²) in [6.45, 7) is 0.994. The Morgan fingerprint density at radius 2 is 1.84 bits per heavy atom. The van der Waals surface area contributed by atoms with E-state index in [9.17, 15) is 9.59 Å². The summed E-state index contributed by atoms with van der Waals surface area (Å²) >= 11 is 6.03. The molecule has 1 aromatic carbocycles. The van der Waals surface area contributed by atoms with Gasteiger partial charge >= 0.3 is 0 Å². The Kier molecular flexibility index (Phi) is 5.22. The first-order valence-corrected chi connectivity index (χ1v) is 10.8. The van der Waals surface area contributed by atoms with Crippen LogP contribution in [-0.2, 0) is 4.79 Å². The van der Waals surface area contributed by atoms with Crippen LogP contribution in [0, 0.1) is 0 Å². The number of carbonyl (C=O) groups excluding carboxylic acids is 2. The fourth-order valence-corrected chi connectivity index (χ4v) is 4.51. The molecule has 0 aliphatic carbocycles. The van der Waals surface area contributed by atoms with Crippen LogP contribution in [0.4, 0.5) is 5.82 Å². The van der Waals surface area contributed by atoms with Gasteiger partial charge in [0.2, 0.25) is 5.91 Å². The van der Waals surface area contributed by atoms with Gasteiger partial charge in [-0.05, 0) is 35.9 Å². The predicted molar refractivity (Wildman–Crippen MR) is 120 cm³/mol. The maximum Gasteiger partial charge on any atom is 0.260 e. The van der Waals surface area contributed by atoms with Crippen LogP contribution in [-0.4, -0.2) is 50.7 Å². The van der Waals surface area contributed by atoms with Crippen LogP contribution in [0.1, 0.15) is 41.2 Å². The molecule has 3 aromatic rings. The molecule has 5 rings (SSSR count). The van der Waals surface area contributed by atoms with E-state index in [-0.39, 0.29) is 18.2 Å². The van der Waals surface area contributed by atoms with Crippen molar-refractivity contribution in [2.24, 2.45) is 5.16 Å². The Hall–Kier alpha value is -3.52. The molecule has 0 radical (unpaired) electrons. The molecular weight excluding hydrogens is 430 g/mol. The highest BCUT2D eigenvalue weighted by atomic mass is 35.5. The Bertz CT molecular complexity index is 1250. The molecule has 2 amide bonds. The van der Waals surface area contributed by atoms with Gasteiger partial charge in [0, 0.05) is 36.9 Å². The van der Waals surface area contributed by atoms with Crippen LogP contribution >= 0.6 is 11.6 Å². The van der Waals surface area contributed by atoms with E-state index in [0.29, 0.717) is 53.8 Å². The topological polar surface area (TPSA) is 99.0 Å². The Morgan fingerprint density at radius 3 is 2.62 bits per heavy atom. The number of amides is 2. The molecule has 32 heavy (non-hydrogen) atoms. The number of carbonyl (C=O) groups is 2. The molecule has 0 bridgehead atoms. The van der Waals surface area contributed by atoms with Crippen molar-refractivity contribution < 1.29 is 14.8 Å². The van der Waals surface area contributed by atoms with Gasteiger partial charge in [0.1, 0.15) is 11.0 Å². The van der Waals surface area contributed by atoms with Crippen molar-refractivity contribution >= 4 is 46.0 Å². The molecule has 162 valence electrons. The summed E-state index contributed by atoms with van der Waals surface area (Å²) in [7, 11) is 0. The van der Waals surface area contributed by atoms with Gasteiger partial charge in [-0.15, -0.1) is 0 Å². The Balaban J connectivity index is 1.49. The van der Waals surface area contributed by atoms with E-state index in [0.717, 1.165) is 10.9 Å². The van der Waals surface area contributed by atoms with Gasteiger partial charge in [-0.2, -0.15) is 0 Å². The van der Waals surface area contributed by atoms with Gasteiger partial charge < -0.3 is 10.1 Å². The molecule has 1 saturated heterocycles. The number of rotatable bonds is 3. The largest absolute Gasteiger partial charge is 0.411 e. The zero-order valence-electron chi connectivity index (χ0n) is 17.1. The van der Waals surface area contributed by atoms with Crippen molar-refractivity contribution in [1.82, 2.24) is 14.9 Å². The lowest BCUT2D eigenvalue weighted by atomic mass is 10.0. The predicted octanol–water partition coefficient (Wildman–Crippen LogP) is 3.83. The fraction of sp³-hybridized carbons (Fsp3) is 0.261. The van der Waals surface area contributed by atoms with Gasteiger partial charge in [0.15, 0.2) is 5.65 Å². The molecule has 2 aliphatic heterocycles. The molecule has 0 saturated carbocycles. The number of nitrogens with zero attached hydrogens (tertiary/aromatic N) is 5. The highest BCUT2D eigenvalue weighted by molar-refractivity contribution is 6.29. The highest BCUT2D eigenvalue weighted by Gasteiger charge is 2.40. The lowest BCUT2D eigenvalue weighted by molar-refractivity contribution is -0.131. The van der Waals surface area contributed by atoms with Gasteiger partial charge in [0.05, 0.1) is 18.2 Å². The van der Waals surface area contributed by atoms with Crippen molar-refractivity contribution in [3.8, 4) is 0 Å². The van der Waals surface area contributed by atoms with Gasteiger partial charge in [-0.3, -0.25) is 14.5 Å². The average molecular weight is 450 g/mol. The summed E-state index contributed by atoms with van der Waals surface area (Å²) in [6, 6.07) is 14.0. The third kappa shape index (κ3) is 3.56. The van der Waals surface area contributed by atoms with Crippen LogP contribution in [0.2, 0.25) is 5.15 Å². The Labute approximate surface area is 189 Å². The van der Waals surface area contributed by atoms with Crippen molar-refractivity contribution in [3.05, 3.63) is 64.8 Å².